The fourth-order valence-electron chi connectivity index (χ4n) is 1.51. The van der Waals surface area contributed by atoms with E-state index in [1.165, 1.54) is 18.2 Å². The van der Waals surface area contributed by atoms with Gasteiger partial charge >= 0.3 is 5.97 Å². The van der Waals surface area contributed by atoms with E-state index in [0.29, 0.717) is 6.42 Å². The Kier molecular flexibility index (Phi) is 6.44. The zero-order chi connectivity index (χ0) is 15.1. The van der Waals surface area contributed by atoms with Gasteiger partial charge in [-0.1, -0.05) is 11.6 Å². The van der Waals surface area contributed by atoms with Crippen molar-refractivity contribution in [3.05, 3.63) is 28.8 Å². The summed E-state index contributed by atoms with van der Waals surface area (Å²) in [6.07, 6.45) is 0.544. The van der Waals surface area contributed by atoms with E-state index in [-0.39, 0.29) is 41.4 Å². The van der Waals surface area contributed by atoms with E-state index in [1.54, 1.807) is 0 Å². The van der Waals surface area contributed by atoms with Gasteiger partial charge in [0.15, 0.2) is 0 Å². The highest BCUT2D eigenvalue weighted by molar-refractivity contribution is 6.33. The molecule has 0 aliphatic carbocycles. The third-order valence-corrected chi connectivity index (χ3v) is 2.99. The molecule has 4 N–H and O–H groups in total. The first-order chi connectivity index (χ1) is 9.43. The number of amides is 1. The molecule has 0 radical (unpaired) electrons. The van der Waals surface area contributed by atoms with E-state index in [1.807, 2.05) is 6.92 Å². The number of carbonyl (C=O) groups is 2. The van der Waals surface area contributed by atoms with Crippen LogP contribution in [0.15, 0.2) is 18.2 Å². The van der Waals surface area contributed by atoms with Crippen molar-refractivity contribution in [2.24, 2.45) is 0 Å². The highest BCUT2D eigenvalue weighted by Crippen LogP contribution is 2.22. The molecular weight excluding hydrogens is 284 g/mol. The van der Waals surface area contributed by atoms with Gasteiger partial charge in [-0.3, -0.25) is 4.79 Å². The summed E-state index contributed by atoms with van der Waals surface area (Å²) < 4.78 is 0. The summed E-state index contributed by atoms with van der Waals surface area (Å²) in [5.41, 5.74) is 0.305. The molecule has 0 aliphatic rings. The van der Waals surface area contributed by atoms with Crippen LogP contribution in [0.25, 0.3) is 0 Å². The molecule has 1 rings (SSSR count). The summed E-state index contributed by atoms with van der Waals surface area (Å²) >= 11 is 5.90. The summed E-state index contributed by atoms with van der Waals surface area (Å²) in [6, 6.07) is 4.09. The third kappa shape index (κ3) is 5.16. The Morgan fingerprint density at radius 2 is 2.10 bits per heavy atom. The first-order valence-corrected chi connectivity index (χ1v) is 6.48. The number of aromatic carboxylic acids is 1. The molecule has 6 nitrogen and oxygen atoms in total. The number of nitrogens with one attached hydrogen (secondary N) is 2. The molecule has 1 amide bonds. The maximum absolute atomic E-state index is 11.7. The number of carbonyl (C=O) groups excluding carboxylic acids is 1. The average molecular weight is 301 g/mol. The molecule has 1 atom stereocenters. The van der Waals surface area contributed by atoms with Gasteiger partial charge in [-0.25, -0.2) is 4.79 Å². The van der Waals surface area contributed by atoms with Gasteiger partial charge in [0.05, 0.1) is 22.8 Å². The van der Waals surface area contributed by atoms with Gasteiger partial charge in [0.1, 0.15) is 0 Å². The SMILES string of the molecule is CC(CCO)NCC(=O)Nc1cc(C(=O)O)ccc1Cl. The number of aliphatic hydroxyl groups excluding tert-OH is 1. The Labute approximate surface area is 121 Å². The van der Waals surface area contributed by atoms with E-state index < -0.39 is 5.97 Å². The van der Waals surface area contributed by atoms with Crippen LogP contribution in [0.4, 0.5) is 5.69 Å². The second kappa shape index (κ2) is 7.84. The van der Waals surface area contributed by atoms with Crippen molar-refractivity contribution < 1.29 is 19.8 Å². The van der Waals surface area contributed by atoms with E-state index in [2.05, 4.69) is 10.6 Å². The van der Waals surface area contributed by atoms with Crippen molar-refractivity contribution in [2.75, 3.05) is 18.5 Å². The molecule has 20 heavy (non-hydrogen) atoms. The number of halogens is 1. The molecule has 0 saturated carbocycles. The monoisotopic (exact) mass is 300 g/mol. The number of anilines is 1. The summed E-state index contributed by atoms with van der Waals surface area (Å²) in [7, 11) is 0. The van der Waals surface area contributed by atoms with E-state index in [9.17, 15) is 9.59 Å². The maximum Gasteiger partial charge on any atom is 0.335 e. The minimum absolute atomic E-state index is 0.00609. The predicted octanol–water partition coefficient (Wildman–Crippen LogP) is 1.34. The molecule has 1 aromatic rings. The van der Waals surface area contributed by atoms with E-state index >= 15 is 0 Å². The van der Waals surface area contributed by atoms with Crippen LogP contribution in [0, 0.1) is 0 Å². The lowest BCUT2D eigenvalue weighted by molar-refractivity contribution is -0.115. The number of carboxylic acids is 1. The molecular formula is C13H17ClN2O4. The van der Waals surface area contributed by atoms with E-state index in [4.69, 9.17) is 21.8 Å². The Bertz CT molecular complexity index is 493. The number of hydrogen-bond acceptors (Lipinski definition) is 4. The third-order valence-electron chi connectivity index (χ3n) is 2.66. The topological polar surface area (TPSA) is 98.7 Å². The van der Waals surface area contributed by atoms with Crippen molar-refractivity contribution >= 4 is 29.2 Å². The van der Waals surface area contributed by atoms with Crippen LogP contribution < -0.4 is 10.6 Å². The Morgan fingerprint density at radius 1 is 1.40 bits per heavy atom. The predicted molar refractivity (Wildman–Crippen MR) is 76.2 cm³/mol. The number of rotatable bonds is 7. The van der Waals surface area contributed by atoms with Crippen molar-refractivity contribution in [1.82, 2.24) is 5.32 Å². The van der Waals surface area contributed by atoms with Gasteiger partial charge in [-0.05, 0) is 31.5 Å². The fraction of sp³-hybridized carbons (Fsp3) is 0.385. The van der Waals surface area contributed by atoms with Gasteiger partial charge in [0.2, 0.25) is 5.91 Å². The number of benzene rings is 1. The van der Waals surface area contributed by atoms with Gasteiger partial charge in [0.25, 0.3) is 0 Å². The molecule has 0 fully saturated rings. The molecule has 1 unspecified atom stereocenters. The minimum Gasteiger partial charge on any atom is -0.478 e. The smallest absolute Gasteiger partial charge is 0.335 e. The Morgan fingerprint density at radius 3 is 2.70 bits per heavy atom. The highest BCUT2D eigenvalue weighted by atomic mass is 35.5. The molecule has 110 valence electrons. The van der Waals surface area contributed by atoms with Crippen LogP contribution in [0.2, 0.25) is 5.02 Å². The van der Waals surface area contributed by atoms with Gasteiger partial charge in [0, 0.05) is 12.6 Å². The quantitative estimate of drug-likeness (QED) is 0.609. The number of aliphatic hydroxyl groups is 1. The molecule has 0 aromatic heterocycles. The summed E-state index contributed by atoms with van der Waals surface area (Å²) in [6.45, 7) is 1.94. The van der Waals surface area contributed by atoms with Crippen molar-refractivity contribution in [1.29, 1.82) is 0 Å². The molecule has 0 bridgehead atoms. The lowest BCUT2D eigenvalue weighted by Gasteiger charge is -2.13. The zero-order valence-corrected chi connectivity index (χ0v) is 11.8. The summed E-state index contributed by atoms with van der Waals surface area (Å²) in [4.78, 5) is 22.6. The highest BCUT2D eigenvalue weighted by Gasteiger charge is 2.10. The number of carboxylic acid groups (broad SMARTS) is 1. The Balaban J connectivity index is 2.61. The first kappa shape index (κ1) is 16.4. The van der Waals surface area contributed by atoms with Crippen molar-refractivity contribution in [3.8, 4) is 0 Å². The standard InChI is InChI=1S/C13H17ClN2O4/c1-8(4-5-17)15-7-12(18)16-11-6-9(13(19)20)2-3-10(11)14/h2-3,6,8,15,17H,4-5,7H2,1H3,(H,16,18)(H,19,20). The minimum atomic E-state index is -1.09. The second-order valence-corrected chi connectivity index (χ2v) is 4.75. The summed E-state index contributed by atoms with van der Waals surface area (Å²) in [5, 5.41) is 23.4. The molecule has 0 saturated heterocycles. The van der Waals surface area contributed by atoms with Gasteiger partial charge < -0.3 is 20.8 Å². The molecule has 0 aliphatic heterocycles. The lowest BCUT2D eigenvalue weighted by atomic mass is 10.2. The van der Waals surface area contributed by atoms with Crippen LogP contribution in [-0.4, -0.2) is 41.3 Å². The van der Waals surface area contributed by atoms with Crippen molar-refractivity contribution in [3.63, 3.8) is 0 Å². The van der Waals surface area contributed by atoms with Crippen LogP contribution in [0.1, 0.15) is 23.7 Å². The van der Waals surface area contributed by atoms with Crippen LogP contribution in [-0.2, 0) is 4.79 Å². The summed E-state index contributed by atoms with van der Waals surface area (Å²) in [5.74, 6) is -1.42. The van der Waals surface area contributed by atoms with Crippen LogP contribution in [0.3, 0.4) is 0 Å². The second-order valence-electron chi connectivity index (χ2n) is 4.34. The molecule has 0 heterocycles. The fourth-order valence-corrected chi connectivity index (χ4v) is 1.68. The Hall–Kier alpha value is -1.63. The van der Waals surface area contributed by atoms with Crippen LogP contribution in [0.5, 0.6) is 0 Å². The van der Waals surface area contributed by atoms with Gasteiger partial charge in [-0.15, -0.1) is 0 Å². The van der Waals surface area contributed by atoms with Crippen molar-refractivity contribution in [2.45, 2.75) is 19.4 Å². The maximum atomic E-state index is 11.7. The molecule has 7 heteroatoms. The zero-order valence-electron chi connectivity index (χ0n) is 11.0. The normalized spacial score (nSPS) is 11.9. The number of hydrogen-bond donors (Lipinski definition) is 4. The van der Waals surface area contributed by atoms with Crippen LogP contribution >= 0.6 is 11.6 Å². The van der Waals surface area contributed by atoms with Gasteiger partial charge in [-0.2, -0.15) is 0 Å². The lowest BCUT2D eigenvalue weighted by Crippen LogP contribution is -2.34. The first-order valence-electron chi connectivity index (χ1n) is 6.11. The average Bonchev–Trinajstić information content (AvgIpc) is 2.39. The molecule has 0 spiro atoms. The van der Waals surface area contributed by atoms with E-state index in [0.717, 1.165) is 0 Å². The molecule has 1 aromatic carbocycles. The largest absolute Gasteiger partial charge is 0.478 e.